The minimum atomic E-state index is -2.27. The van der Waals surface area contributed by atoms with Crippen LogP contribution < -0.4 is 15.5 Å². The van der Waals surface area contributed by atoms with E-state index < -0.39 is 36.2 Å². The number of hydrogen-bond donors (Lipinski definition) is 7. The van der Waals surface area contributed by atoms with Crippen molar-refractivity contribution in [1.82, 2.24) is 10.3 Å². The number of unbranched alkanes of at least 4 members (excludes halogenated alkanes) is 3. The molecule has 0 bridgehead atoms. The van der Waals surface area contributed by atoms with Gasteiger partial charge in [-0.2, -0.15) is 0 Å². The first-order valence-electron chi connectivity index (χ1n) is 16.8. The number of aromatic hydroxyl groups is 1. The molecule has 0 radical (unpaired) electrons. The first-order chi connectivity index (χ1) is 23.5. The van der Waals surface area contributed by atoms with Crippen LogP contribution in [-0.4, -0.2) is 79.8 Å². The molecule has 12 heteroatoms. The van der Waals surface area contributed by atoms with Crippen molar-refractivity contribution in [3.63, 3.8) is 0 Å². The van der Waals surface area contributed by atoms with Crippen LogP contribution in [0, 0.1) is 11.8 Å². The van der Waals surface area contributed by atoms with Crippen LogP contribution in [0.2, 0.25) is 0 Å². The number of aliphatic hydroxyl groups is 3. The number of H-pyrrole nitrogens is 1. The van der Waals surface area contributed by atoms with Gasteiger partial charge in [-0.3, -0.25) is 4.79 Å². The summed E-state index contributed by atoms with van der Waals surface area (Å²) in [5.41, 5.74) is -0.470. The molecule has 264 valence electrons. The number of carboxylic acids is 1. The summed E-state index contributed by atoms with van der Waals surface area (Å²) in [4.78, 5) is 28.3. The van der Waals surface area contributed by atoms with Gasteiger partial charge in [0.05, 0.1) is 10.9 Å². The van der Waals surface area contributed by atoms with Crippen molar-refractivity contribution in [1.29, 1.82) is 0 Å². The molecule has 5 rings (SSSR count). The number of aliphatic carboxylic acids is 1. The number of aromatic amines is 1. The van der Waals surface area contributed by atoms with E-state index >= 15 is 0 Å². The second-order valence-corrected chi connectivity index (χ2v) is 13.1. The molecule has 1 aliphatic heterocycles. The zero-order valence-corrected chi connectivity index (χ0v) is 27.7. The van der Waals surface area contributed by atoms with Gasteiger partial charge in [-0.15, -0.1) is 0 Å². The Labute approximate surface area is 284 Å². The average molecular weight is 679 g/mol. The van der Waals surface area contributed by atoms with Gasteiger partial charge in [0.25, 0.3) is 0 Å². The number of benzene rings is 2. The maximum atomic E-state index is 13.3. The largest absolute Gasteiger partial charge is 0.508 e. The SMILES string of the molecule is CCCCCCC(C)C(CNCC1(O)C(Oc2ccc3c(=O)c(-c4ccc(O)cc4)coc3c2)OC(C(=O)O)C(O)C1O)Cc1cc[nH]c1. The van der Waals surface area contributed by atoms with Crippen LogP contribution in [0.4, 0.5) is 0 Å². The maximum Gasteiger partial charge on any atom is 0.335 e. The number of hydrogen-bond acceptors (Lipinski definition) is 10. The lowest BCUT2D eigenvalue weighted by Crippen LogP contribution is -2.71. The Morgan fingerprint density at radius 2 is 1.88 bits per heavy atom. The van der Waals surface area contributed by atoms with Crippen LogP contribution in [-0.2, 0) is 16.0 Å². The lowest BCUT2D eigenvalue weighted by atomic mass is 9.83. The molecule has 7 N–H and O–H groups in total. The molecule has 1 aliphatic rings. The normalized spacial score (nSPS) is 23.7. The van der Waals surface area contributed by atoms with E-state index in [1.165, 1.54) is 43.0 Å². The van der Waals surface area contributed by atoms with Crippen molar-refractivity contribution in [2.24, 2.45) is 11.8 Å². The van der Waals surface area contributed by atoms with Crippen molar-refractivity contribution >= 4 is 16.9 Å². The Morgan fingerprint density at radius 1 is 1.10 bits per heavy atom. The van der Waals surface area contributed by atoms with Gasteiger partial charge >= 0.3 is 5.97 Å². The molecule has 12 nitrogen and oxygen atoms in total. The van der Waals surface area contributed by atoms with Gasteiger partial charge in [-0.1, -0.05) is 58.1 Å². The first-order valence-corrected chi connectivity index (χ1v) is 16.8. The van der Waals surface area contributed by atoms with Gasteiger partial charge < -0.3 is 49.7 Å². The van der Waals surface area contributed by atoms with Gasteiger partial charge in [0.2, 0.25) is 6.29 Å². The Morgan fingerprint density at radius 3 is 2.57 bits per heavy atom. The summed E-state index contributed by atoms with van der Waals surface area (Å²) in [6.45, 7) is 4.56. The summed E-state index contributed by atoms with van der Waals surface area (Å²) in [7, 11) is 0. The molecule has 7 atom stereocenters. The van der Waals surface area contributed by atoms with E-state index in [0.29, 0.717) is 18.0 Å². The summed E-state index contributed by atoms with van der Waals surface area (Å²) in [6, 6.07) is 12.4. The van der Waals surface area contributed by atoms with Crippen molar-refractivity contribution in [3.05, 3.63) is 83.0 Å². The average Bonchev–Trinajstić information content (AvgIpc) is 3.60. The number of fused-ring (bicyclic) bond motifs is 1. The quantitative estimate of drug-likeness (QED) is 0.0840. The summed E-state index contributed by atoms with van der Waals surface area (Å²) in [5, 5.41) is 56.5. The zero-order valence-electron chi connectivity index (χ0n) is 27.7. The van der Waals surface area contributed by atoms with E-state index in [2.05, 4.69) is 24.1 Å². The maximum absolute atomic E-state index is 13.3. The standard InChI is InChI=1S/C37H46N2O10/c1-3-4-5-6-7-22(2)25(16-23-14-15-38-18-23)19-39-21-37(46)34(43)32(42)33(35(44)45)49-36(37)48-27-12-13-28-30(17-27)47-20-29(31(28)41)24-8-10-26(40)11-9-24/h8-15,17-18,20,22,25,32-34,36,38-40,42-43,46H,3-7,16,19,21H2,1-2H3,(H,44,45). The number of rotatable bonds is 16. The molecule has 2 aromatic heterocycles. The molecule has 0 spiro atoms. The second kappa shape index (κ2) is 16.0. The monoisotopic (exact) mass is 678 g/mol. The zero-order chi connectivity index (χ0) is 35.1. The number of carbonyl (C=O) groups is 1. The molecule has 0 amide bonds. The van der Waals surface area contributed by atoms with E-state index in [4.69, 9.17) is 13.9 Å². The fourth-order valence-electron chi connectivity index (χ4n) is 6.45. The highest BCUT2D eigenvalue weighted by atomic mass is 16.7. The van der Waals surface area contributed by atoms with Crippen LogP contribution in [0.25, 0.3) is 22.1 Å². The van der Waals surface area contributed by atoms with Crippen LogP contribution in [0.5, 0.6) is 11.5 Å². The topological polar surface area (TPSA) is 195 Å². The molecular weight excluding hydrogens is 632 g/mol. The van der Waals surface area contributed by atoms with E-state index in [1.54, 1.807) is 12.1 Å². The molecule has 1 saturated heterocycles. The minimum absolute atomic E-state index is 0.0578. The highest BCUT2D eigenvalue weighted by molar-refractivity contribution is 5.82. The van der Waals surface area contributed by atoms with Crippen LogP contribution in [0.15, 0.2) is 76.4 Å². The Kier molecular flexibility index (Phi) is 11.8. The minimum Gasteiger partial charge on any atom is -0.508 e. The van der Waals surface area contributed by atoms with Crippen molar-refractivity contribution in [2.45, 2.75) is 82.6 Å². The van der Waals surface area contributed by atoms with Gasteiger partial charge in [-0.25, -0.2) is 4.79 Å². The van der Waals surface area contributed by atoms with E-state index in [9.17, 15) is 35.1 Å². The summed E-state index contributed by atoms with van der Waals surface area (Å²) >= 11 is 0. The molecule has 3 heterocycles. The van der Waals surface area contributed by atoms with Crippen molar-refractivity contribution in [3.8, 4) is 22.6 Å². The number of carboxylic acid groups (broad SMARTS) is 1. The number of aliphatic hydroxyl groups excluding tert-OH is 2. The van der Waals surface area contributed by atoms with Crippen LogP contribution >= 0.6 is 0 Å². The van der Waals surface area contributed by atoms with Gasteiger partial charge in [-0.05, 0) is 66.3 Å². The molecule has 0 saturated carbocycles. The van der Waals surface area contributed by atoms with Crippen molar-refractivity contribution < 1.29 is 44.2 Å². The van der Waals surface area contributed by atoms with Gasteiger partial charge in [0, 0.05) is 25.0 Å². The molecule has 49 heavy (non-hydrogen) atoms. The lowest BCUT2D eigenvalue weighted by Gasteiger charge is -2.47. The van der Waals surface area contributed by atoms with Crippen LogP contribution in [0.3, 0.4) is 0 Å². The third-order valence-corrected chi connectivity index (χ3v) is 9.53. The molecule has 7 unspecified atom stereocenters. The number of phenols is 1. The van der Waals surface area contributed by atoms with E-state index in [0.717, 1.165) is 37.7 Å². The molecule has 4 aromatic rings. The number of ether oxygens (including phenoxy) is 2. The molecule has 0 aliphatic carbocycles. The summed E-state index contributed by atoms with van der Waals surface area (Å²) < 4.78 is 17.3. The number of aromatic nitrogens is 1. The second-order valence-electron chi connectivity index (χ2n) is 13.1. The highest BCUT2D eigenvalue weighted by Gasteiger charge is 2.58. The molecule has 1 fully saturated rings. The fourth-order valence-corrected chi connectivity index (χ4v) is 6.45. The van der Waals surface area contributed by atoms with Gasteiger partial charge in [0.15, 0.2) is 17.1 Å². The third kappa shape index (κ3) is 8.34. The third-order valence-electron chi connectivity index (χ3n) is 9.53. The lowest BCUT2D eigenvalue weighted by molar-refractivity contribution is -0.311. The Hall–Kier alpha value is -4.20. The van der Waals surface area contributed by atoms with Crippen molar-refractivity contribution in [2.75, 3.05) is 13.1 Å². The smallest absolute Gasteiger partial charge is 0.335 e. The highest BCUT2D eigenvalue weighted by Crippen LogP contribution is 2.34. The number of nitrogens with one attached hydrogen (secondary N) is 2. The predicted octanol–water partition coefficient (Wildman–Crippen LogP) is 4.19. The molecule has 2 aromatic carbocycles. The first kappa shape index (κ1) is 36.1. The number of phenolic OH excluding ortho intramolecular Hbond substituents is 1. The van der Waals surface area contributed by atoms with E-state index in [1.807, 2.05) is 18.5 Å². The summed E-state index contributed by atoms with van der Waals surface area (Å²) in [6.07, 6.45) is 4.04. The van der Waals surface area contributed by atoms with Crippen LogP contribution in [0.1, 0.15) is 51.5 Å². The van der Waals surface area contributed by atoms with E-state index in [-0.39, 0.29) is 45.9 Å². The van der Waals surface area contributed by atoms with Gasteiger partial charge in [0.1, 0.15) is 35.6 Å². The Balaban J connectivity index is 1.35. The predicted molar refractivity (Wildman–Crippen MR) is 182 cm³/mol. The summed E-state index contributed by atoms with van der Waals surface area (Å²) in [5.74, 6) is -0.895. The molecular formula is C37H46N2O10. The fraction of sp³-hybridized carbons (Fsp3) is 0.459. The Bertz CT molecular complexity index is 1720.